The van der Waals surface area contributed by atoms with Crippen LogP contribution in [0.15, 0.2) is 65.3 Å². The van der Waals surface area contributed by atoms with Crippen molar-refractivity contribution in [1.82, 2.24) is 15.0 Å². The Morgan fingerprint density at radius 1 is 1.14 bits per heavy atom. The topological polar surface area (TPSA) is 86.4 Å². The van der Waals surface area contributed by atoms with Gasteiger partial charge >= 0.3 is 5.97 Å². The minimum Gasteiger partial charge on any atom is -0.464 e. The van der Waals surface area contributed by atoms with Crippen molar-refractivity contribution in [1.29, 1.82) is 0 Å². The highest BCUT2D eigenvalue weighted by Crippen LogP contribution is 2.24. The van der Waals surface area contributed by atoms with E-state index in [0.29, 0.717) is 6.42 Å². The second kappa shape index (κ2) is 11.0. The van der Waals surface area contributed by atoms with Gasteiger partial charge < -0.3 is 19.1 Å². The molecular weight excluding hydrogens is 442 g/mol. The molecule has 7 nitrogen and oxygen atoms in total. The van der Waals surface area contributed by atoms with Crippen molar-refractivity contribution in [2.75, 3.05) is 6.61 Å². The number of aromatic nitrogens is 2. The summed E-state index contributed by atoms with van der Waals surface area (Å²) in [5.74, 6) is 0.170. The number of para-hydroxylation sites is 1. The van der Waals surface area contributed by atoms with E-state index < -0.39 is 12.0 Å². The highest BCUT2D eigenvalue weighted by molar-refractivity contribution is 5.87. The van der Waals surface area contributed by atoms with Gasteiger partial charge in [-0.15, -0.1) is 0 Å². The number of carbonyl (C=O) groups excluding carboxylic acids is 2. The van der Waals surface area contributed by atoms with Gasteiger partial charge in [0.25, 0.3) is 0 Å². The molecule has 1 amide bonds. The number of amides is 1. The molecule has 35 heavy (non-hydrogen) atoms. The summed E-state index contributed by atoms with van der Waals surface area (Å²) in [5.41, 5.74) is 5.18. The molecule has 0 aliphatic rings. The highest BCUT2D eigenvalue weighted by Gasteiger charge is 2.23. The number of aryl methyl sites for hydroxylation is 3. The summed E-state index contributed by atoms with van der Waals surface area (Å²) in [4.78, 5) is 24.1. The number of fused-ring (bicyclic) bond motifs is 1. The first-order chi connectivity index (χ1) is 16.9. The number of rotatable bonds is 10. The van der Waals surface area contributed by atoms with Crippen molar-refractivity contribution in [3.63, 3.8) is 0 Å². The lowest BCUT2D eigenvalue weighted by Gasteiger charge is -2.16. The number of ether oxygens (including phenoxy) is 1. The summed E-state index contributed by atoms with van der Waals surface area (Å²) in [6, 6.07) is 17.6. The average Bonchev–Trinajstić information content (AvgIpc) is 3.44. The van der Waals surface area contributed by atoms with Crippen LogP contribution in [0.25, 0.3) is 22.2 Å². The minimum atomic E-state index is -0.721. The van der Waals surface area contributed by atoms with Gasteiger partial charge in [-0.3, -0.25) is 4.79 Å². The normalized spacial score (nSPS) is 12.0. The van der Waals surface area contributed by atoms with Crippen LogP contribution < -0.4 is 5.32 Å². The van der Waals surface area contributed by atoms with Crippen molar-refractivity contribution >= 4 is 22.8 Å². The molecule has 0 saturated heterocycles. The lowest BCUT2D eigenvalue weighted by atomic mass is 10.0. The lowest BCUT2D eigenvalue weighted by Crippen LogP contribution is -2.42. The molecule has 0 aliphatic carbocycles. The number of nitrogens with one attached hydrogen (secondary N) is 1. The second-order valence-electron chi connectivity index (χ2n) is 8.72. The maximum Gasteiger partial charge on any atom is 0.328 e. The van der Waals surface area contributed by atoms with Crippen molar-refractivity contribution in [2.45, 2.75) is 52.6 Å². The molecule has 0 spiro atoms. The maximum absolute atomic E-state index is 12.4. The Bertz CT molecular complexity index is 1300. The van der Waals surface area contributed by atoms with E-state index in [9.17, 15) is 9.59 Å². The number of hydrogen-bond acceptors (Lipinski definition) is 5. The summed E-state index contributed by atoms with van der Waals surface area (Å²) in [6.07, 6.45) is 4.07. The maximum atomic E-state index is 12.4. The largest absolute Gasteiger partial charge is 0.464 e. The smallest absolute Gasteiger partial charge is 0.328 e. The summed E-state index contributed by atoms with van der Waals surface area (Å²) in [7, 11) is 0. The van der Waals surface area contributed by atoms with E-state index >= 15 is 0 Å². The fraction of sp³-hybridized carbons (Fsp3) is 0.321. The predicted octanol–water partition coefficient (Wildman–Crippen LogP) is 4.85. The zero-order valence-corrected chi connectivity index (χ0v) is 20.4. The Morgan fingerprint density at radius 2 is 1.91 bits per heavy atom. The van der Waals surface area contributed by atoms with E-state index in [1.54, 1.807) is 6.92 Å². The van der Waals surface area contributed by atoms with Crippen LogP contribution in [0.3, 0.4) is 0 Å². The Labute approximate surface area is 205 Å². The van der Waals surface area contributed by atoms with Crippen LogP contribution in [0.1, 0.15) is 37.2 Å². The van der Waals surface area contributed by atoms with Gasteiger partial charge in [-0.2, -0.15) is 0 Å². The SMILES string of the molecule is CCOC(=O)C(Cc1cn(CCCc2cc(-c3ccc(C)cc3)no2)c2ccccc12)NC(C)=O. The average molecular weight is 474 g/mol. The van der Waals surface area contributed by atoms with Crippen LogP contribution in [0.5, 0.6) is 0 Å². The molecule has 7 heteroatoms. The number of benzene rings is 2. The quantitative estimate of drug-likeness (QED) is 0.333. The first kappa shape index (κ1) is 24.3. The minimum absolute atomic E-state index is 0.260. The van der Waals surface area contributed by atoms with Gasteiger partial charge in [0.2, 0.25) is 5.91 Å². The van der Waals surface area contributed by atoms with Crippen LogP contribution in [-0.2, 0) is 33.7 Å². The molecule has 2 heterocycles. The zero-order valence-electron chi connectivity index (χ0n) is 20.4. The Hall–Kier alpha value is -3.87. The second-order valence-corrected chi connectivity index (χ2v) is 8.72. The van der Waals surface area contributed by atoms with Crippen molar-refractivity contribution in [2.24, 2.45) is 0 Å². The van der Waals surface area contributed by atoms with Gasteiger partial charge in [0.1, 0.15) is 17.5 Å². The number of hydrogen-bond donors (Lipinski definition) is 1. The van der Waals surface area contributed by atoms with Crippen molar-refractivity contribution in [3.8, 4) is 11.3 Å². The Balaban J connectivity index is 1.46. The molecule has 1 unspecified atom stereocenters. The number of carbonyl (C=O) groups is 2. The third-order valence-electron chi connectivity index (χ3n) is 5.97. The third kappa shape index (κ3) is 5.98. The number of nitrogens with zero attached hydrogens (tertiary/aromatic N) is 2. The Morgan fingerprint density at radius 3 is 2.66 bits per heavy atom. The standard InChI is InChI=1S/C28H31N3O4/c1-4-34-28(33)26(29-20(3)32)16-22-18-31(27-10-6-5-9-24(22)27)15-7-8-23-17-25(30-35-23)21-13-11-19(2)12-14-21/h5-6,9-14,17-18,26H,4,7-8,15-16H2,1-3H3,(H,29,32). The van der Waals surface area contributed by atoms with Gasteiger partial charge in [-0.1, -0.05) is 53.2 Å². The van der Waals surface area contributed by atoms with Crippen molar-refractivity contribution < 1.29 is 18.8 Å². The van der Waals surface area contributed by atoms with E-state index in [1.165, 1.54) is 12.5 Å². The predicted molar refractivity (Wildman–Crippen MR) is 135 cm³/mol. The molecule has 2 aromatic heterocycles. The Kier molecular flexibility index (Phi) is 7.65. The summed E-state index contributed by atoms with van der Waals surface area (Å²) < 4.78 is 12.9. The van der Waals surface area contributed by atoms with E-state index in [1.807, 2.05) is 24.3 Å². The molecule has 1 atom stereocenters. The molecule has 2 aromatic carbocycles. The molecule has 0 fully saturated rings. The summed E-state index contributed by atoms with van der Waals surface area (Å²) in [5, 5.41) is 8.02. The highest BCUT2D eigenvalue weighted by atomic mass is 16.5. The van der Waals surface area contributed by atoms with E-state index in [-0.39, 0.29) is 12.5 Å². The number of esters is 1. The third-order valence-corrected chi connectivity index (χ3v) is 5.97. The van der Waals surface area contributed by atoms with Crippen LogP contribution in [0.4, 0.5) is 0 Å². The molecule has 182 valence electrons. The van der Waals surface area contributed by atoms with Crippen molar-refractivity contribution in [3.05, 3.63) is 77.7 Å². The monoisotopic (exact) mass is 473 g/mol. The fourth-order valence-electron chi connectivity index (χ4n) is 4.29. The van der Waals surface area contributed by atoms with E-state index in [4.69, 9.17) is 9.26 Å². The first-order valence-corrected chi connectivity index (χ1v) is 12.0. The molecular formula is C28H31N3O4. The molecule has 0 saturated carbocycles. The molecule has 1 N–H and O–H groups in total. The van der Waals surface area contributed by atoms with Gasteiger partial charge in [-0.25, -0.2) is 4.79 Å². The molecule has 0 radical (unpaired) electrons. The summed E-state index contributed by atoms with van der Waals surface area (Å²) >= 11 is 0. The van der Waals surface area contributed by atoms with Gasteiger partial charge in [0.15, 0.2) is 0 Å². The van der Waals surface area contributed by atoms with Gasteiger partial charge in [0.05, 0.1) is 6.61 Å². The molecule has 4 aromatic rings. The van der Waals surface area contributed by atoms with E-state index in [0.717, 1.165) is 52.9 Å². The molecule has 0 bridgehead atoms. The van der Waals surface area contributed by atoms with Crippen LogP contribution >= 0.6 is 0 Å². The first-order valence-electron chi connectivity index (χ1n) is 12.0. The van der Waals surface area contributed by atoms with Gasteiger partial charge in [0, 0.05) is 55.0 Å². The van der Waals surface area contributed by atoms with Crippen LogP contribution in [-0.4, -0.2) is 34.2 Å². The fourth-order valence-corrected chi connectivity index (χ4v) is 4.29. The zero-order chi connectivity index (χ0) is 24.8. The van der Waals surface area contributed by atoms with Crippen LogP contribution in [0.2, 0.25) is 0 Å². The van der Waals surface area contributed by atoms with Crippen LogP contribution in [0, 0.1) is 6.92 Å². The summed E-state index contributed by atoms with van der Waals surface area (Å²) in [6.45, 7) is 6.27. The lowest BCUT2D eigenvalue weighted by molar-refractivity contribution is -0.147. The van der Waals surface area contributed by atoms with Gasteiger partial charge in [-0.05, 0) is 31.9 Å². The molecule has 0 aliphatic heterocycles. The van der Waals surface area contributed by atoms with E-state index in [2.05, 4.69) is 58.5 Å². The molecule has 4 rings (SSSR count).